The number of nitrogens with one attached hydrogen (secondary N) is 3. The van der Waals surface area contributed by atoms with Crippen LogP contribution in [0.3, 0.4) is 0 Å². The van der Waals surface area contributed by atoms with Crippen molar-refractivity contribution in [3.8, 4) is 0 Å². The first kappa shape index (κ1) is 27.4. The summed E-state index contributed by atoms with van der Waals surface area (Å²) in [5.74, 6) is -0.208. The van der Waals surface area contributed by atoms with Crippen LogP contribution in [0.2, 0.25) is 0 Å². The highest BCUT2D eigenvalue weighted by Crippen LogP contribution is 2.31. The predicted molar refractivity (Wildman–Crippen MR) is 157 cm³/mol. The average molecular weight is 542 g/mol. The van der Waals surface area contributed by atoms with E-state index in [0.717, 1.165) is 61.4 Å². The molecule has 40 heavy (non-hydrogen) atoms. The van der Waals surface area contributed by atoms with Crippen LogP contribution in [0, 0.1) is 12.7 Å². The molecule has 8 heteroatoms. The van der Waals surface area contributed by atoms with Crippen LogP contribution in [0.1, 0.15) is 54.8 Å². The Bertz CT molecular complexity index is 1370. The van der Waals surface area contributed by atoms with Crippen molar-refractivity contribution in [3.05, 3.63) is 95.3 Å². The Hall–Kier alpha value is -4.20. The quantitative estimate of drug-likeness (QED) is 0.351. The van der Waals surface area contributed by atoms with E-state index in [2.05, 4.69) is 20.9 Å². The molecule has 3 aromatic rings. The first-order valence-corrected chi connectivity index (χ1v) is 14.1. The fraction of sp³-hybridized carbons (Fsp3) is 0.344. The molecule has 0 spiro atoms. The molecule has 7 nitrogen and oxygen atoms in total. The molecular formula is C32H36FN5O2. The normalized spacial score (nSPS) is 16.0. The molecule has 208 valence electrons. The lowest BCUT2D eigenvalue weighted by molar-refractivity contribution is -0.126. The summed E-state index contributed by atoms with van der Waals surface area (Å²) < 4.78 is 14.5. The molecule has 1 heterocycles. The van der Waals surface area contributed by atoms with E-state index in [9.17, 15) is 14.0 Å². The maximum absolute atomic E-state index is 14.5. The van der Waals surface area contributed by atoms with Gasteiger partial charge in [0.25, 0.3) is 0 Å². The van der Waals surface area contributed by atoms with Crippen LogP contribution in [-0.2, 0) is 9.59 Å². The summed E-state index contributed by atoms with van der Waals surface area (Å²) in [4.78, 5) is 33.8. The molecule has 0 aromatic heterocycles. The summed E-state index contributed by atoms with van der Waals surface area (Å²) in [6, 6.07) is 20.2. The van der Waals surface area contributed by atoms with E-state index in [1.54, 1.807) is 12.1 Å². The third-order valence-corrected chi connectivity index (χ3v) is 7.57. The minimum Gasteiger partial charge on any atom is -0.376 e. The van der Waals surface area contributed by atoms with Crippen molar-refractivity contribution in [2.75, 3.05) is 29.9 Å². The second-order valence-electron chi connectivity index (χ2n) is 10.4. The minimum absolute atomic E-state index is 0.0628. The smallest absolute Gasteiger partial charge is 0.248 e. The van der Waals surface area contributed by atoms with E-state index in [0.29, 0.717) is 11.3 Å². The SMILES string of the molecule is Cc1ccccc1C(C(=O)NC1CCCCC1)N(C(=O)CNc1ccc(C2=NCCN2)cc1)c1cccc(F)c1. The van der Waals surface area contributed by atoms with Crippen LogP contribution in [0.5, 0.6) is 0 Å². The van der Waals surface area contributed by atoms with Gasteiger partial charge in [0.05, 0.1) is 13.1 Å². The van der Waals surface area contributed by atoms with Gasteiger partial charge in [-0.2, -0.15) is 0 Å². The molecule has 2 amide bonds. The van der Waals surface area contributed by atoms with Gasteiger partial charge < -0.3 is 16.0 Å². The van der Waals surface area contributed by atoms with Crippen molar-refractivity contribution in [1.29, 1.82) is 0 Å². The fourth-order valence-electron chi connectivity index (χ4n) is 5.48. The standard InChI is InChI=1S/C32H36FN5O2/c1-22-8-5-6-13-28(22)30(32(40)37-26-10-3-2-4-11-26)38(27-12-7-9-24(33)20-27)29(39)21-36-25-16-14-23(15-17-25)31-34-18-19-35-31/h5-9,12-17,20,26,30,36H,2-4,10-11,18-19,21H2,1H3,(H,34,35)(H,37,40). The number of amides is 2. The van der Waals surface area contributed by atoms with Crippen LogP contribution in [-0.4, -0.2) is 43.3 Å². The molecule has 1 atom stereocenters. The number of aryl methyl sites for hydroxylation is 1. The number of halogens is 1. The predicted octanol–water partition coefficient (Wildman–Crippen LogP) is 5.12. The van der Waals surface area contributed by atoms with E-state index < -0.39 is 11.9 Å². The summed E-state index contributed by atoms with van der Waals surface area (Å²) >= 11 is 0. The maximum Gasteiger partial charge on any atom is 0.248 e. The van der Waals surface area contributed by atoms with Crippen molar-refractivity contribution in [2.24, 2.45) is 4.99 Å². The van der Waals surface area contributed by atoms with E-state index in [1.165, 1.54) is 23.5 Å². The van der Waals surface area contributed by atoms with Crippen LogP contribution >= 0.6 is 0 Å². The van der Waals surface area contributed by atoms with Gasteiger partial charge in [0.15, 0.2) is 0 Å². The van der Waals surface area contributed by atoms with Gasteiger partial charge in [0.1, 0.15) is 17.7 Å². The van der Waals surface area contributed by atoms with Crippen molar-refractivity contribution in [2.45, 2.75) is 51.1 Å². The molecule has 3 aromatic carbocycles. The highest BCUT2D eigenvalue weighted by Gasteiger charge is 2.35. The summed E-state index contributed by atoms with van der Waals surface area (Å²) in [6.45, 7) is 3.44. The van der Waals surface area contributed by atoms with Crippen LogP contribution in [0.25, 0.3) is 0 Å². The molecule has 5 rings (SSSR count). The van der Waals surface area contributed by atoms with Crippen LogP contribution in [0.4, 0.5) is 15.8 Å². The lowest BCUT2D eigenvalue weighted by Crippen LogP contribution is -2.48. The van der Waals surface area contributed by atoms with Crippen molar-refractivity contribution < 1.29 is 14.0 Å². The topological polar surface area (TPSA) is 85.8 Å². The Kier molecular flexibility index (Phi) is 8.74. The first-order chi connectivity index (χ1) is 19.5. The Morgan fingerprint density at radius 3 is 2.50 bits per heavy atom. The van der Waals surface area contributed by atoms with Gasteiger partial charge >= 0.3 is 0 Å². The number of carbonyl (C=O) groups excluding carboxylic acids is 2. The fourth-order valence-corrected chi connectivity index (χ4v) is 5.48. The maximum atomic E-state index is 14.5. The van der Waals surface area contributed by atoms with Gasteiger partial charge in [0.2, 0.25) is 11.8 Å². The molecule has 1 saturated carbocycles. The van der Waals surface area contributed by atoms with Gasteiger partial charge in [-0.3, -0.25) is 19.5 Å². The third kappa shape index (κ3) is 6.50. The molecule has 1 fully saturated rings. The second kappa shape index (κ2) is 12.8. The molecule has 1 aliphatic carbocycles. The summed E-state index contributed by atoms with van der Waals surface area (Å²) in [5.41, 5.74) is 3.67. The van der Waals surface area contributed by atoms with E-state index in [1.807, 2.05) is 55.5 Å². The van der Waals surface area contributed by atoms with Gasteiger partial charge in [-0.1, -0.05) is 49.6 Å². The monoisotopic (exact) mass is 541 g/mol. The zero-order valence-corrected chi connectivity index (χ0v) is 22.8. The molecule has 1 aliphatic heterocycles. The van der Waals surface area contributed by atoms with Crippen molar-refractivity contribution >= 4 is 29.0 Å². The Morgan fingerprint density at radius 2 is 1.80 bits per heavy atom. The molecule has 0 saturated heterocycles. The number of carbonyl (C=O) groups is 2. The zero-order valence-electron chi connectivity index (χ0n) is 22.8. The number of aliphatic imine (C=N–C) groups is 1. The summed E-state index contributed by atoms with van der Waals surface area (Å²) in [6.07, 6.45) is 5.13. The Labute approximate surface area is 234 Å². The van der Waals surface area contributed by atoms with E-state index >= 15 is 0 Å². The lowest BCUT2D eigenvalue weighted by Gasteiger charge is -2.34. The molecule has 2 aliphatic rings. The highest BCUT2D eigenvalue weighted by molar-refractivity contribution is 6.03. The number of rotatable bonds is 9. The summed E-state index contributed by atoms with van der Waals surface area (Å²) in [7, 11) is 0. The van der Waals surface area contributed by atoms with Gasteiger partial charge in [0, 0.05) is 29.5 Å². The van der Waals surface area contributed by atoms with Crippen molar-refractivity contribution in [1.82, 2.24) is 10.6 Å². The van der Waals surface area contributed by atoms with Crippen LogP contribution in [0.15, 0.2) is 77.8 Å². The zero-order chi connectivity index (χ0) is 27.9. The number of amidine groups is 1. The number of anilines is 2. The summed E-state index contributed by atoms with van der Waals surface area (Å²) in [5, 5.41) is 9.65. The Morgan fingerprint density at radius 1 is 1.02 bits per heavy atom. The largest absolute Gasteiger partial charge is 0.376 e. The molecular weight excluding hydrogens is 505 g/mol. The third-order valence-electron chi connectivity index (χ3n) is 7.57. The molecule has 1 unspecified atom stereocenters. The van der Waals surface area contributed by atoms with Crippen LogP contribution < -0.4 is 20.9 Å². The number of hydrogen-bond donors (Lipinski definition) is 3. The van der Waals surface area contributed by atoms with Crippen molar-refractivity contribution in [3.63, 3.8) is 0 Å². The highest BCUT2D eigenvalue weighted by atomic mass is 19.1. The molecule has 0 bridgehead atoms. The number of nitrogens with zero attached hydrogens (tertiary/aromatic N) is 2. The second-order valence-corrected chi connectivity index (χ2v) is 10.4. The average Bonchev–Trinajstić information content (AvgIpc) is 3.51. The van der Waals surface area contributed by atoms with Gasteiger partial charge in [-0.25, -0.2) is 4.39 Å². The van der Waals surface area contributed by atoms with E-state index in [-0.39, 0.29) is 24.4 Å². The number of hydrogen-bond acceptors (Lipinski definition) is 5. The Balaban J connectivity index is 1.43. The minimum atomic E-state index is -0.951. The number of benzene rings is 3. The first-order valence-electron chi connectivity index (χ1n) is 14.1. The lowest BCUT2D eigenvalue weighted by atomic mass is 9.93. The van der Waals surface area contributed by atoms with Gasteiger partial charge in [-0.05, 0) is 73.4 Å². The van der Waals surface area contributed by atoms with E-state index in [4.69, 9.17) is 0 Å². The molecule has 0 radical (unpaired) electrons. The van der Waals surface area contributed by atoms with Gasteiger partial charge in [-0.15, -0.1) is 0 Å². The molecule has 3 N–H and O–H groups in total.